The Balaban J connectivity index is 2.33. The Morgan fingerprint density at radius 2 is 2.06 bits per heavy atom. The highest BCUT2D eigenvalue weighted by atomic mass is 35.5. The molecule has 2 nitrogen and oxygen atoms in total. The fourth-order valence-electron chi connectivity index (χ4n) is 1.81. The van der Waals surface area contributed by atoms with E-state index in [2.05, 4.69) is 9.97 Å². The molecule has 1 fully saturated rings. The van der Waals surface area contributed by atoms with Crippen molar-refractivity contribution in [1.82, 2.24) is 9.97 Å². The second kappa shape index (κ2) is 3.39. The van der Waals surface area contributed by atoms with Crippen LogP contribution in [0.15, 0.2) is 12.1 Å². The highest BCUT2D eigenvalue weighted by Gasteiger charge is 2.27. The van der Waals surface area contributed by atoms with Crippen LogP contribution in [0.3, 0.4) is 0 Å². The lowest BCUT2D eigenvalue weighted by atomic mass is 10.1. The van der Waals surface area contributed by atoms with Gasteiger partial charge >= 0.3 is 0 Å². The molecular weight excluding hydrogens is 227 g/mol. The molecular formula is C12H10ClFN2. The van der Waals surface area contributed by atoms with Gasteiger partial charge in [-0.1, -0.05) is 11.6 Å². The van der Waals surface area contributed by atoms with Crippen molar-refractivity contribution >= 4 is 22.5 Å². The topological polar surface area (TPSA) is 25.8 Å². The average Bonchev–Trinajstić information content (AvgIpc) is 3.07. The van der Waals surface area contributed by atoms with Crippen LogP contribution in [0, 0.1) is 12.7 Å². The summed E-state index contributed by atoms with van der Waals surface area (Å²) >= 11 is 6.08. The first kappa shape index (κ1) is 9.97. The third kappa shape index (κ3) is 1.47. The van der Waals surface area contributed by atoms with Crippen molar-refractivity contribution in [3.05, 3.63) is 34.5 Å². The standard InChI is InChI=1S/C12H10ClFN2/c1-6-9(14)5-4-8-10(6)15-12(7-2-3-7)16-11(8)13/h4-5,7H,2-3H2,1H3. The molecule has 1 saturated carbocycles. The maximum Gasteiger partial charge on any atom is 0.140 e. The zero-order chi connectivity index (χ0) is 11.3. The Hall–Kier alpha value is -1.22. The number of fused-ring (bicyclic) bond motifs is 1. The van der Waals surface area contributed by atoms with Crippen LogP contribution in [0.1, 0.15) is 30.1 Å². The van der Waals surface area contributed by atoms with Crippen molar-refractivity contribution in [2.45, 2.75) is 25.7 Å². The van der Waals surface area contributed by atoms with Crippen molar-refractivity contribution in [2.75, 3.05) is 0 Å². The minimum absolute atomic E-state index is 0.246. The van der Waals surface area contributed by atoms with Gasteiger partial charge in [0.1, 0.15) is 16.8 Å². The molecule has 1 aromatic heterocycles. The molecule has 16 heavy (non-hydrogen) atoms. The van der Waals surface area contributed by atoms with E-state index in [4.69, 9.17) is 11.6 Å². The van der Waals surface area contributed by atoms with Crippen molar-refractivity contribution in [1.29, 1.82) is 0 Å². The molecule has 0 atom stereocenters. The van der Waals surface area contributed by atoms with E-state index in [1.54, 1.807) is 13.0 Å². The van der Waals surface area contributed by atoms with Crippen LogP contribution in [0.2, 0.25) is 5.15 Å². The molecule has 1 aliphatic carbocycles. The summed E-state index contributed by atoms with van der Waals surface area (Å²) in [5.74, 6) is 0.930. The first-order valence-electron chi connectivity index (χ1n) is 5.29. The Labute approximate surface area is 97.5 Å². The number of hydrogen-bond acceptors (Lipinski definition) is 2. The van der Waals surface area contributed by atoms with E-state index in [1.807, 2.05) is 0 Å². The molecule has 1 aromatic carbocycles. The van der Waals surface area contributed by atoms with Gasteiger partial charge in [0.15, 0.2) is 0 Å². The number of halogens is 2. The van der Waals surface area contributed by atoms with Crippen LogP contribution >= 0.6 is 11.6 Å². The molecule has 82 valence electrons. The zero-order valence-corrected chi connectivity index (χ0v) is 9.55. The third-order valence-electron chi connectivity index (χ3n) is 2.97. The van der Waals surface area contributed by atoms with Crippen LogP contribution in [0.25, 0.3) is 10.9 Å². The van der Waals surface area contributed by atoms with Gasteiger partial charge in [-0.15, -0.1) is 0 Å². The predicted octanol–water partition coefficient (Wildman–Crippen LogP) is 3.61. The summed E-state index contributed by atoms with van der Waals surface area (Å²) in [5.41, 5.74) is 1.19. The molecule has 0 N–H and O–H groups in total. The van der Waals surface area contributed by atoms with Crippen LogP contribution in [-0.4, -0.2) is 9.97 Å². The fraction of sp³-hybridized carbons (Fsp3) is 0.333. The average molecular weight is 237 g/mol. The van der Waals surface area contributed by atoms with E-state index in [9.17, 15) is 4.39 Å². The van der Waals surface area contributed by atoms with E-state index >= 15 is 0 Å². The molecule has 0 saturated heterocycles. The molecule has 4 heteroatoms. The minimum Gasteiger partial charge on any atom is -0.232 e. The summed E-state index contributed by atoms with van der Waals surface area (Å²) in [6, 6.07) is 3.04. The molecule has 0 radical (unpaired) electrons. The van der Waals surface area contributed by atoms with Gasteiger partial charge in [-0.05, 0) is 31.9 Å². The summed E-state index contributed by atoms with van der Waals surface area (Å²) in [5, 5.41) is 1.15. The van der Waals surface area contributed by atoms with Crippen LogP contribution in [0.5, 0.6) is 0 Å². The first-order valence-corrected chi connectivity index (χ1v) is 5.67. The van der Waals surface area contributed by atoms with Gasteiger partial charge in [0.05, 0.1) is 5.52 Å². The zero-order valence-electron chi connectivity index (χ0n) is 8.80. The van der Waals surface area contributed by atoms with Crippen molar-refractivity contribution in [2.24, 2.45) is 0 Å². The molecule has 0 spiro atoms. The van der Waals surface area contributed by atoms with Gasteiger partial charge < -0.3 is 0 Å². The number of nitrogens with zero attached hydrogens (tertiary/aromatic N) is 2. The van der Waals surface area contributed by atoms with E-state index in [0.717, 1.165) is 24.1 Å². The minimum atomic E-state index is -0.246. The highest BCUT2D eigenvalue weighted by Crippen LogP contribution is 2.39. The number of rotatable bonds is 1. The van der Waals surface area contributed by atoms with Crippen molar-refractivity contribution in [3.63, 3.8) is 0 Å². The monoisotopic (exact) mass is 236 g/mol. The van der Waals surface area contributed by atoms with E-state index in [1.165, 1.54) is 6.07 Å². The summed E-state index contributed by atoms with van der Waals surface area (Å²) in [6.45, 7) is 1.72. The lowest BCUT2D eigenvalue weighted by Crippen LogP contribution is -1.97. The summed E-state index contributed by atoms with van der Waals surface area (Å²) in [4.78, 5) is 8.69. The summed E-state index contributed by atoms with van der Waals surface area (Å²) in [6.07, 6.45) is 2.21. The van der Waals surface area contributed by atoms with Gasteiger partial charge in [0.2, 0.25) is 0 Å². The fourth-order valence-corrected chi connectivity index (χ4v) is 2.05. The lowest BCUT2D eigenvalue weighted by molar-refractivity contribution is 0.620. The van der Waals surface area contributed by atoms with Crippen LogP contribution < -0.4 is 0 Å². The van der Waals surface area contributed by atoms with E-state index in [0.29, 0.717) is 22.2 Å². The number of aromatic nitrogens is 2. The number of hydrogen-bond donors (Lipinski definition) is 0. The van der Waals surface area contributed by atoms with Gasteiger partial charge in [-0.2, -0.15) is 0 Å². The van der Waals surface area contributed by atoms with E-state index in [-0.39, 0.29) is 5.82 Å². The van der Waals surface area contributed by atoms with E-state index < -0.39 is 0 Å². The van der Waals surface area contributed by atoms with Gasteiger partial charge in [0.25, 0.3) is 0 Å². The second-order valence-corrected chi connectivity index (χ2v) is 4.57. The SMILES string of the molecule is Cc1c(F)ccc2c(Cl)nc(C3CC3)nc12. The van der Waals surface area contributed by atoms with Gasteiger partial charge in [-0.3, -0.25) is 0 Å². The molecule has 1 aliphatic rings. The molecule has 3 rings (SSSR count). The molecule has 2 aromatic rings. The third-order valence-corrected chi connectivity index (χ3v) is 3.26. The van der Waals surface area contributed by atoms with Crippen LogP contribution in [0.4, 0.5) is 4.39 Å². The molecule has 0 unspecified atom stereocenters. The predicted molar refractivity (Wildman–Crippen MR) is 61.2 cm³/mol. The summed E-state index contributed by atoms with van der Waals surface area (Å²) in [7, 11) is 0. The second-order valence-electron chi connectivity index (χ2n) is 4.22. The van der Waals surface area contributed by atoms with Crippen LogP contribution in [-0.2, 0) is 0 Å². The smallest absolute Gasteiger partial charge is 0.140 e. The van der Waals surface area contributed by atoms with Crippen molar-refractivity contribution < 1.29 is 4.39 Å². The normalized spacial score (nSPS) is 15.7. The largest absolute Gasteiger partial charge is 0.232 e. The van der Waals surface area contributed by atoms with Gasteiger partial charge in [0, 0.05) is 16.9 Å². The first-order chi connectivity index (χ1) is 7.66. The van der Waals surface area contributed by atoms with Crippen molar-refractivity contribution in [3.8, 4) is 0 Å². The molecule has 1 heterocycles. The Morgan fingerprint density at radius 3 is 2.75 bits per heavy atom. The lowest BCUT2D eigenvalue weighted by Gasteiger charge is -2.06. The molecule has 0 bridgehead atoms. The quantitative estimate of drug-likeness (QED) is 0.707. The molecule has 0 amide bonds. The Kier molecular flexibility index (Phi) is 2.11. The Bertz CT molecular complexity index is 579. The highest BCUT2D eigenvalue weighted by molar-refractivity contribution is 6.34. The number of aryl methyl sites for hydroxylation is 1. The summed E-state index contributed by atoms with van der Waals surface area (Å²) < 4.78 is 13.4. The Morgan fingerprint density at radius 1 is 1.31 bits per heavy atom. The maximum atomic E-state index is 13.4. The molecule has 0 aliphatic heterocycles. The number of benzene rings is 1. The van der Waals surface area contributed by atoms with Gasteiger partial charge in [-0.25, -0.2) is 14.4 Å². The maximum absolute atomic E-state index is 13.4.